The molecule has 9 heteroatoms. The molecule has 3 heterocycles. The van der Waals surface area contributed by atoms with Crippen molar-refractivity contribution in [3.05, 3.63) is 58.0 Å². The largest absolute Gasteiger partial charge is 0.401 e. The molecule has 1 unspecified atom stereocenters. The van der Waals surface area contributed by atoms with Gasteiger partial charge in [0.2, 0.25) is 5.78 Å². The lowest BCUT2D eigenvalue weighted by Crippen LogP contribution is -2.30. The lowest BCUT2D eigenvalue weighted by Gasteiger charge is -2.20. The number of imidazole rings is 1. The van der Waals surface area contributed by atoms with Crippen LogP contribution in [0.2, 0.25) is 0 Å². The summed E-state index contributed by atoms with van der Waals surface area (Å²) < 4.78 is 40.8. The first-order valence-corrected chi connectivity index (χ1v) is 9.59. The number of nitriles is 1. The molecule has 0 aliphatic carbocycles. The molecule has 6 nitrogen and oxygen atoms in total. The summed E-state index contributed by atoms with van der Waals surface area (Å²) in [5.74, 6) is 0.986. The first-order chi connectivity index (χ1) is 14.2. The van der Waals surface area contributed by atoms with Crippen LogP contribution in [0.5, 0.6) is 0 Å². The molecule has 0 spiro atoms. The third kappa shape index (κ3) is 3.59. The van der Waals surface area contributed by atoms with E-state index in [9.17, 15) is 18.4 Å². The van der Waals surface area contributed by atoms with Crippen molar-refractivity contribution in [2.45, 2.75) is 46.1 Å². The highest BCUT2D eigenvalue weighted by atomic mass is 19.4. The second kappa shape index (κ2) is 7.29. The van der Waals surface area contributed by atoms with E-state index in [1.54, 1.807) is 12.3 Å². The maximum atomic E-state index is 13.0. The molecule has 0 amide bonds. The van der Waals surface area contributed by atoms with Gasteiger partial charge in [0.05, 0.1) is 30.4 Å². The summed E-state index contributed by atoms with van der Waals surface area (Å²) in [6.45, 7) is 5.05. The summed E-state index contributed by atoms with van der Waals surface area (Å²) >= 11 is 0. The van der Waals surface area contributed by atoms with E-state index in [-0.39, 0.29) is 19.1 Å². The summed E-state index contributed by atoms with van der Waals surface area (Å²) in [7, 11) is 0. The van der Waals surface area contributed by atoms with E-state index >= 15 is 0 Å². The molecular formula is C21H21F3N6. The molecule has 3 aromatic rings. The highest BCUT2D eigenvalue weighted by Gasteiger charge is 2.36. The van der Waals surface area contributed by atoms with Crippen LogP contribution in [-0.2, 0) is 13.1 Å². The summed E-state index contributed by atoms with van der Waals surface area (Å²) in [4.78, 5) is 10.3. The molecule has 1 aliphatic heterocycles. The minimum atomic E-state index is -4.27. The standard InChI is InChI=1S/C21H21F3N6/c1-12-8-26-20-28-19(27-14(3)16-6-4-5-15(7-25)13(16)2)17-9-29(11-21(22,23)24)10-18(17)30(12)20/h4-6,8,14H,9-11H2,1-3H3,(H,26,27,28). The Morgan fingerprint density at radius 2 is 2.03 bits per heavy atom. The van der Waals surface area contributed by atoms with Crippen LogP contribution in [0.4, 0.5) is 19.0 Å². The van der Waals surface area contributed by atoms with Gasteiger partial charge in [-0.25, -0.2) is 4.98 Å². The number of benzene rings is 1. The zero-order chi connectivity index (χ0) is 21.6. The average molecular weight is 414 g/mol. The van der Waals surface area contributed by atoms with E-state index in [2.05, 4.69) is 21.4 Å². The van der Waals surface area contributed by atoms with Gasteiger partial charge in [0.1, 0.15) is 5.82 Å². The van der Waals surface area contributed by atoms with Crippen molar-refractivity contribution in [1.29, 1.82) is 5.26 Å². The van der Waals surface area contributed by atoms with Crippen LogP contribution in [0.3, 0.4) is 0 Å². The number of nitrogens with zero attached hydrogens (tertiary/aromatic N) is 5. The minimum Gasteiger partial charge on any atom is -0.363 e. The zero-order valence-corrected chi connectivity index (χ0v) is 16.9. The fraction of sp³-hybridized carbons (Fsp3) is 0.381. The van der Waals surface area contributed by atoms with Gasteiger partial charge in [0.15, 0.2) is 0 Å². The fourth-order valence-corrected chi connectivity index (χ4v) is 4.11. The normalized spacial score (nSPS) is 15.2. The van der Waals surface area contributed by atoms with Crippen molar-refractivity contribution >= 4 is 11.6 Å². The number of aryl methyl sites for hydroxylation is 1. The lowest BCUT2D eigenvalue weighted by molar-refractivity contribution is -0.147. The van der Waals surface area contributed by atoms with Crippen LogP contribution >= 0.6 is 0 Å². The van der Waals surface area contributed by atoms with E-state index < -0.39 is 12.7 Å². The first-order valence-electron chi connectivity index (χ1n) is 9.59. The molecule has 0 fully saturated rings. The van der Waals surface area contributed by atoms with Gasteiger partial charge in [-0.2, -0.15) is 23.4 Å². The van der Waals surface area contributed by atoms with Crippen molar-refractivity contribution in [2.75, 3.05) is 11.9 Å². The Hall–Kier alpha value is -3.12. The maximum Gasteiger partial charge on any atom is 0.401 e. The Morgan fingerprint density at radius 1 is 1.27 bits per heavy atom. The molecule has 4 rings (SSSR count). The predicted octanol–water partition coefficient (Wildman–Crippen LogP) is 4.27. The molecule has 0 radical (unpaired) electrons. The molecule has 30 heavy (non-hydrogen) atoms. The van der Waals surface area contributed by atoms with Crippen LogP contribution in [0, 0.1) is 25.2 Å². The van der Waals surface area contributed by atoms with Gasteiger partial charge in [-0.15, -0.1) is 0 Å². The quantitative estimate of drug-likeness (QED) is 0.691. The van der Waals surface area contributed by atoms with E-state index in [0.717, 1.165) is 28.1 Å². The Balaban J connectivity index is 1.73. The van der Waals surface area contributed by atoms with E-state index in [1.807, 2.05) is 37.3 Å². The van der Waals surface area contributed by atoms with Gasteiger partial charge in [-0.3, -0.25) is 9.30 Å². The monoisotopic (exact) mass is 414 g/mol. The molecule has 1 N–H and O–H groups in total. The molecule has 0 saturated carbocycles. The van der Waals surface area contributed by atoms with Crippen molar-refractivity contribution in [3.8, 4) is 6.07 Å². The molecule has 2 aromatic heterocycles. The van der Waals surface area contributed by atoms with Gasteiger partial charge in [0, 0.05) is 30.0 Å². The van der Waals surface area contributed by atoms with Crippen molar-refractivity contribution < 1.29 is 13.2 Å². The Bertz CT molecular complexity index is 1160. The number of alkyl halides is 3. The van der Waals surface area contributed by atoms with E-state index in [1.165, 1.54) is 4.90 Å². The minimum absolute atomic E-state index is 0.154. The number of rotatable bonds is 4. The third-order valence-electron chi connectivity index (χ3n) is 5.51. The Morgan fingerprint density at radius 3 is 2.73 bits per heavy atom. The van der Waals surface area contributed by atoms with Crippen LogP contribution in [0.1, 0.15) is 46.6 Å². The van der Waals surface area contributed by atoms with Crippen LogP contribution in [0.25, 0.3) is 5.78 Å². The van der Waals surface area contributed by atoms with Gasteiger partial charge in [-0.05, 0) is 38.0 Å². The fourth-order valence-electron chi connectivity index (χ4n) is 4.11. The Kier molecular flexibility index (Phi) is 4.90. The van der Waals surface area contributed by atoms with Crippen LogP contribution in [-0.4, -0.2) is 32.0 Å². The van der Waals surface area contributed by atoms with E-state index in [4.69, 9.17) is 0 Å². The summed E-state index contributed by atoms with van der Waals surface area (Å²) in [5.41, 5.74) is 4.75. The molecule has 1 atom stereocenters. The Labute approximate surface area is 172 Å². The van der Waals surface area contributed by atoms with Crippen LogP contribution < -0.4 is 5.32 Å². The van der Waals surface area contributed by atoms with Gasteiger partial charge in [-0.1, -0.05) is 12.1 Å². The molecule has 1 aromatic carbocycles. The predicted molar refractivity (Wildman–Crippen MR) is 106 cm³/mol. The zero-order valence-electron chi connectivity index (χ0n) is 16.9. The van der Waals surface area contributed by atoms with Crippen molar-refractivity contribution in [1.82, 2.24) is 19.3 Å². The lowest BCUT2D eigenvalue weighted by atomic mass is 9.98. The van der Waals surface area contributed by atoms with Gasteiger partial charge < -0.3 is 5.32 Å². The smallest absolute Gasteiger partial charge is 0.363 e. The number of nitrogens with one attached hydrogen (secondary N) is 1. The van der Waals surface area contributed by atoms with Gasteiger partial charge in [0.25, 0.3) is 0 Å². The second-order valence-electron chi connectivity index (χ2n) is 7.68. The highest BCUT2D eigenvalue weighted by Crippen LogP contribution is 2.34. The number of hydrogen-bond donors (Lipinski definition) is 1. The first kappa shape index (κ1) is 20.2. The number of halogens is 3. The average Bonchev–Trinajstić information content (AvgIpc) is 3.23. The maximum absolute atomic E-state index is 13.0. The van der Waals surface area contributed by atoms with Crippen molar-refractivity contribution in [3.63, 3.8) is 0 Å². The highest BCUT2D eigenvalue weighted by molar-refractivity contribution is 5.56. The number of anilines is 1. The SMILES string of the molecule is Cc1c(C#N)cccc1C(C)Nc1nc2ncc(C)n2c2c1CN(CC(F)(F)F)C2. The summed E-state index contributed by atoms with van der Waals surface area (Å²) in [5, 5.41) is 12.6. The number of hydrogen-bond acceptors (Lipinski definition) is 5. The summed E-state index contributed by atoms with van der Waals surface area (Å²) in [6, 6.07) is 7.51. The second-order valence-corrected chi connectivity index (χ2v) is 7.68. The number of aromatic nitrogens is 3. The number of fused-ring (bicyclic) bond motifs is 3. The molecule has 0 saturated heterocycles. The third-order valence-corrected chi connectivity index (χ3v) is 5.51. The van der Waals surface area contributed by atoms with E-state index in [0.29, 0.717) is 17.2 Å². The molecule has 156 valence electrons. The molecular weight excluding hydrogens is 393 g/mol. The van der Waals surface area contributed by atoms with Gasteiger partial charge >= 0.3 is 6.18 Å². The van der Waals surface area contributed by atoms with Crippen LogP contribution in [0.15, 0.2) is 24.4 Å². The molecule has 1 aliphatic rings. The van der Waals surface area contributed by atoms with Crippen molar-refractivity contribution in [2.24, 2.45) is 0 Å². The topological polar surface area (TPSA) is 69.2 Å². The molecule has 0 bridgehead atoms. The summed E-state index contributed by atoms with van der Waals surface area (Å²) in [6.07, 6.45) is -2.60.